The molecule has 1 saturated carbocycles. The van der Waals surface area contributed by atoms with Gasteiger partial charge >= 0.3 is 0 Å². The number of aromatic nitrogens is 2. The Hall–Kier alpha value is -1.90. The molecule has 3 rings (SSSR count). The fraction of sp³-hybridized carbons (Fsp3) is 0.412. The van der Waals surface area contributed by atoms with Gasteiger partial charge in [0.1, 0.15) is 0 Å². The molecule has 3 heteroatoms. The van der Waals surface area contributed by atoms with E-state index in [0.29, 0.717) is 5.92 Å². The Morgan fingerprint density at radius 1 is 1.20 bits per heavy atom. The summed E-state index contributed by atoms with van der Waals surface area (Å²) in [7, 11) is 0. The lowest BCUT2D eigenvalue weighted by molar-refractivity contribution is 0.420. The van der Waals surface area contributed by atoms with Crippen LogP contribution in [-0.2, 0) is 0 Å². The highest BCUT2D eigenvalue weighted by molar-refractivity contribution is 5.66. The van der Waals surface area contributed by atoms with Crippen molar-refractivity contribution in [1.82, 2.24) is 9.97 Å². The number of aryl methyl sites for hydroxylation is 1. The second kappa shape index (κ2) is 5.61. The predicted molar refractivity (Wildman–Crippen MR) is 83.0 cm³/mol. The van der Waals surface area contributed by atoms with E-state index in [2.05, 4.69) is 52.5 Å². The van der Waals surface area contributed by atoms with E-state index in [1.54, 1.807) is 0 Å². The highest BCUT2D eigenvalue weighted by Gasteiger charge is 2.22. The maximum Gasteiger partial charge on any atom is 0.223 e. The van der Waals surface area contributed by atoms with E-state index in [1.807, 2.05) is 6.92 Å². The Morgan fingerprint density at radius 2 is 2.00 bits per heavy atom. The molecule has 0 radical (unpaired) electrons. The lowest BCUT2D eigenvalue weighted by Gasteiger charge is -2.27. The molecule has 1 aliphatic carbocycles. The smallest absolute Gasteiger partial charge is 0.223 e. The third-order valence-electron chi connectivity index (χ3n) is 3.97. The van der Waals surface area contributed by atoms with Gasteiger partial charge in [-0.3, -0.25) is 0 Å². The zero-order valence-corrected chi connectivity index (χ0v) is 12.2. The lowest BCUT2D eigenvalue weighted by atomic mass is 9.78. The number of anilines is 1. The summed E-state index contributed by atoms with van der Waals surface area (Å²) in [6, 6.07) is 10.8. The SMILES string of the molecule is CCNc1nc(C)cc(-c2ccccc2C2CCC2)n1. The average molecular weight is 267 g/mol. The maximum atomic E-state index is 4.67. The molecule has 2 aromatic rings. The summed E-state index contributed by atoms with van der Waals surface area (Å²) in [6.07, 6.45) is 3.97. The van der Waals surface area contributed by atoms with Gasteiger partial charge in [0.25, 0.3) is 0 Å². The molecular weight excluding hydrogens is 246 g/mol. The van der Waals surface area contributed by atoms with Gasteiger partial charge in [0.2, 0.25) is 5.95 Å². The Morgan fingerprint density at radius 3 is 2.70 bits per heavy atom. The van der Waals surface area contributed by atoms with Crippen LogP contribution in [0.2, 0.25) is 0 Å². The van der Waals surface area contributed by atoms with Gasteiger partial charge in [-0.25, -0.2) is 9.97 Å². The Labute approximate surface area is 120 Å². The first-order valence-corrected chi connectivity index (χ1v) is 7.46. The minimum Gasteiger partial charge on any atom is -0.354 e. The second-order valence-corrected chi connectivity index (χ2v) is 5.46. The molecule has 0 unspecified atom stereocenters. The van der Waals surface area contributed by atoms with Crippen LogP contribution in [0.4, 0.5) is 5.95 Å². The van der Waals surface area contributed by atoms with E-state index in [9.17, 15) is 0 Å². The van der Waals surface area contributed by atoms with Gasteiger partial charge in [0, 0.05) is 17.8 Å². The maximum absolute atomic E-state index is 4.67. The van der Waals surface area contributed by atoms with Gasteiger partial charge in [-0.05, 0) is 44.2 Å². The summed E-state index contributed by atoms with van der Waals surface area (Å²) in [4.78, 5) is 9.11. The van der Waals surface area contributed by atoms with Crippen LogP contribution >= 0.6 is 0 Å². The number of rotatable bonds is 4. The summed E-state index contributed by atoms with van der Waals surface area (Å²) in [5.74, 6) is 1.44. The van der Waals surface area contributed by atoms with Crippen LogP contribution in [0.15, 0.2) is 30.3 Å². The van der Waals surface area contributed by atoms with Crippen LogP contribution in [0.1, 0.15) is 43.4 Å². The van der Waals surface area contributed by atoms with Gasteiger partial charge in [0.15, 0.2) is 0 Å². The van der Waals surface area contributed by atoms with E-state index >= 15 is 0 Å². The summed E-state index contributed by atoms with van der Waals surface area (Å²) in [5, 5.41) is 3.21. The van der Waals surface area contributed by atoms with E-state index in [1.165, 1.54) is 30.4 Å². The minimum atomic E-state index is 0.712. The fourth-order valence-electron chi connectivity index (χ4n) is 2.75. The molecule has 1 fully saturated rings. The van der Waals surface area contributed by atoms with Crippen molar-refractivity contribution in [3.8, 4) is 11.3 Å². The van der Waals surface area contributed by atoms with Crippen LogP contribution in [0.5, 0.6) is 0 Å². The van der Waals surface area contributed by atoms with Crippen LogP contribution in [0, 0.1) is 6.92 Å². The number of nitrogens with zero attached hydrogens (tertiary/aromatic N) is 2. The number of nitrogens with one attached hydrogen (secondary N) is 1. The molecule has 3 nitrogen and oxygen atoms in total. The van der Waals surface area contributed by atoms with Crippen molar-refractivity contribution in [3.05, 3.63) is 41.6 Å². The zero-order chi connectivity index (χ0) is 13.9. The molecule has 1 heterocycles. The van der Waals surface area contributed by atoms with E-state index in [-0.39, 0.29) is 0 Å². The van der Waals surface area contributed by atoms with Crippen molar-refractivity contribution < 1.29 is 0 Å². The zero-order valence-electron chi connectivity index (χ0n) is 12.2. The van der Waals surface area contributed by atoms with Crippen LogP contribution in [0.25, 0.3) is 11.3 Å². The molecule has 0 aliphatic heterocycles. The van der Waals surface area contributed by atoms with Gasteiger partial charge < -0.3 is 5.32 Å². The van der Waals surface area contributed by atoms with Gasteiger partial charge in [-0.1, -0.05) is 30.7 Å². The normalized spacial score (nSPS) is 14.9. The molecule has 0 bridgehead atoms. The molecule has 1 aliphatic rings. The third-order valence-corrected chi connectivity index (χ3v) is 3.97. The van der Waals surface area contributed by atoms with Crippen LogP contribution in [0.3, 0.4) is 0 Å². The van der Waals surface area contributed by atoms with E-state index in [4.69, 9.17) is 0 Å². The van der Waals surface area contributed by atoms with Crippen molar-refractivity contribution in [2.75, 3.05) is 11.9 Å². The lowest BCUT2D eigenvalue weighted by Crippen LogP contribution is -2.10. The van der Waals surface area contributed by atoms with Crippen molar-refractivity contribution in [3.63, 3.8) is 0 Å². The monoisotopic (exact) mass is 267 g/mol. The Bertz CT molecular complexity index is 603. The Kier molecular flexibility index (Phi) is 3.68. The molecule has 104 valence electrons. The molecule has 1 aromatic carbocycles. The largest absolute Gasteiger partial charge is 0.354 e. The molecule has 1 aromatic heterocycles. The third kappa shape index (κ3) is 2.53. The molecule has 0 saturated heterocycles. The van der Waals surface area contributed by atoms with Crippen molar-refractivity contribution in [2.24, 2.45) is 0 Å². The molecule has 0 spiro atoms. The second-order valence-electron chi connectivity index (χ2n) is 5.46. The predicted octanol–water partition coefficient (Wildman–Crippen LogP) is 4.15. The van der Waals surface area contributed by atoms with E-state index in [0.717, 1.165) is 23.9 Å². The number of benzene rings is 1. The minimum absolute atomic E-state index is 0.712. The van der Waals surface area contributed by atoms with Crippen LogP contribution in [-0.4, -0.2) is 16.5 Å². The van der Waals surface area contributed by atoms with Crippen molar-refractivity contribution >= 4 is 5.95 Å². The van der Waals surface area contributed by atoms with E-state index < -0.39 is 0 Å². The van der Waals surface area contributed by atoms with Crippen molar-refractivity contribution in [2.45, 2.75) is 39.0 Å². The first-order valence-electron chi connectivity index (χ1n) is 7.46. The number of hydrogen-bond donors (Lipinski definition) is 1. The highest BCUT2D eigenvalue weighted by atomic mass is 15.1. The van der Waals surface area contributed by atoms with Gasteiger partial charge in [-0.15, -0.1) is 0 Å². The van der Waals surface area contributed by atoms with Crippen molar-refractivity contribution in [1.29, 1.82) is 0 Å². The molecule has 0 atom stereocenters. The summed E-state index contributed by atoms with van der Waals surface area (Å²) < 4.78 is 0. The quantitative estimate of drug-likeness (QED) is 0.904. The molecule has 0 amide bonds. The topological polar surface area (TPSA) is 37.8 Å². The Balaban J connectivity index is 2.04. The van der Waals surface area contributed by atoms with Crippen LogP contribution < -0.4 is 5.32 Å². The van der Waals surface area contributed by atoms with Gasteiger partial charge in [-0.2, -0.15) is 0 Å². The molecule has 20 heavy (non-hydrogen) atoms. The number of hydrogen-bond acceptors (Lipinski definition) is 3. The fourth-order valence-corrected chi connectivity index (χ4v) is 2.75. The summed E-state index contributed by atoms with van der Waals surface area (Å²) in [6.45, 7) is 4.93. The average Bonchev–Trinajstić information content (AvgIpc) is 2.37. The summed E-state index contributed by atoms with van der Waals surface area (Å²) >= 11 is 0. The standard InChI is InChI=1S/C17H21N3/c1-3-18-17-19-12(2)11-16(20-17)15-10-5-4-9-14(15)13-7-6-8-13/h4-5,9-11,13H,3,6-8H2,1-2H3,(H,18,19,20). The molecule has 1 N–H and O–H groups in total. The first kappa shape index (κ1) is 13.1. The summed E-state index contributed by atoms with van der Waals surface area (Å²) in [5.41, 5.74) is 4.76. The highest BCUT2D eigenvalue weighted by Crippen LogP contribution is 2.40. The first-order chi connectivity index (χ1) is 9.78. The van der Waals surface area contributed by atoms with Gasteiger partial charge in [0.05, 0.1) is 5.69 Å². The molecular formula is C17H21N3.